The zero-order valence-electron chi connectivity index (χ0n) is 14.2. The van der Waals surface area contributed by atoms with Gasteiger partial charge in [0.05, 0.1) is 11.7 Å². The van der Waals surface area contributed by atoms with Crippen LogP contribution >= 0.6 is 0 Å². The van der Waals surface area contributed by atoms with Crippen LogP contribution in [0.2, 0.25) is 0 Å². The molecule has 0 aliphatic heterocycles. The summed E-state index contributed by atoms with van der Waals surface area (Å²) in [6.45, 7) is 1.79. The van der Waals surface area contributed by atoms with Crippen LogP contribution in [0.3, 0.4) is 0 Å². The lowest BCUT2D eigenvalue weighted by Gasteiger charge is -2.25. The zero-order valence-corrected chi connectivity index (χ0v) is 15.0. The fourth-order valence-electron chi connectivity index (χ4n) is 2.97. The van der Waals surface area contributed by atoms with Gasteiger partial charge in [0, 0.05) is 17.3 Å². The Morgan fingerprint density at radius 3 is 2.08 bits per heavy atom. The molecule has 1 amide bonds. The highest BCUT2D eigenvalue weighted by atomic mass is 32.2. The minimum Gasteiger partial charge on any atom is -0.481 e. The number of carbonyl (C=O) groups excluding carboxylic acids is 1. The summed E-state index contributed by atoms with van der Waals surface area (Å²) in [5.74, 6) is -1.38. The van der Waals surface area contributed by atoms with Gasteiger partial charge in [-0.15, -0.1) is 0 Å². The minimum atomic E-state index is -3.34. The molecule has 3 N–H and O–H groups in total. The fraction of sp³-hybridized carbons (Fsp3) is 0.529. The van der Waals surface area contributed by atoms with Gasteiger partial charge in [0.2, 0.25) is 15.9 Å². The van der Waals surface area contributed by atoms with Crippen LogP contribution in [-0.4, -0.2) is 31.2 Å². The average Bonchev–Trinajstić information content (AvgIpc) is 2.56. The van der Waals surface area contributed by atoms with Gasteiger partial charge in [0.25, 0.3) is 0 Å². The highest BCUT2D eigenvalue weighted by molar-refractivity contribution is 7.92. The van der Waals surface area contributed by atoms with E-state index in [1.165, 1.54) is 0 Å². The molecule has 0 unspecified atom stereocenters. The lowest BCUT2D eigenvalue weighted by atomic mass is 9.81. The maximum absolute atomic E-state index is 12.3. The molecule has 2 rings (SSSR count). The van der Waals surface area contributed by atoms with Crippen LogP contribution in [0.25, 0.3) is 0 Å². The first-order chi connectivity index (χ1) is 11.8. The van der Waals surface area contributed by atoms with E-state index < -0.39 is 16.0 Å². The van der Waals surface area contributed by atoms with Gasteiger partial charge >= 0.3 is 5.97 Å². The predicted molar refractivity (Wildman–Crippen MR) is 95.9 cm³/mol. The summed E-state index contributed by atoms with van der Waals surface area (Å²) in [6.07, 6.45) is 2.71. The standard InChI is InChI=1S/C17H24N2O5S/c1-2-11-25(23,24)19-15-9-7-14(8-10-15)18-16(20)12-3-5-13(6-4-12)17(21)22/h7-10,12-13,19H,2-6,11H2,1H3,(H,18,20)(H,21,22). The van der Waals surface area contributed by atoms with Crippen LogP contribution in [0.1, 0.15) is 39.0 Å². The van der Waals surface area contributed by atoms with E-state index in [4.69, 9.17) is 5.11 Å². The monoisotopic (exact) mass is 368 g/mol. The predicted octanol–water partition coefficient (Wildman–Crippen LogP) is 2.67. The van der Waals surface area contributed by atoms with Crippen molar-refractivity contribution >= 4 is 33.3 Å². The van der Waals surface area contributed by atoms with Crippen LogP contribution in [0.5, 0.6) is 0 Å². The molecule has 1 aliphatic rings. The van der Waals surface area contributed by atoms with E-state index >= 15 is 0 Å². The molecule has 0 radical (unpaired) electrons. The van der Waals surface area contributed by atoms with Gasteiger partial charge in [0.15, 0.2) is 0 Å². The Hall–Kier alpha value is -2.09. The van der Waals surface area contributed by atoms with Crippen molar-refractivity contribution in [3.63, 3.8) is 0 Å². The van der Waals surface area contributed by atoms with Crippen molar-refractivity contribution in [1.29, 1.82) is 0 Å². The highest BCUT2D eigenvalue weighted by Crippen LogP contribution is 2.30. The zero-order chi connectivity index (χ0) is 18.4. The first kappa shape index (κ1) is 19.2. The maximum Gasteiger partial charge on any atom is 0.306 e. The summed E-state index contributed by atoms with van der Waals surface area (Å²) in [5.41, 5.74) is 1.04. The molecule has 138 valence electrons. The molecule has 0 saturated heterocycles. The van der Waals surface area contributed by atoms with Crippen molar-refractivity contribution in [2.45, 2.75) is 39.0 Å². The van der Waals surface area contributed by atoms with Gasteiger partial charge in [-0.1, -0.05) is 6.92 Å². The third-order valence-electron chi connectivity index (χ3n) is 4.35. The van der Waals surface area contributed by atoms with Gasteiger partial charge < -0.3 is 10.4 Å². The number of carboxylic acid groups (broad SMARTS) is 1. The van der Waals surface area contributed by atoms with E-state index in [0.717, 1.165) is 0 Å². The van der Waals surface area contributed by atoms with E-state index in [9.17, 15) is 18.0 Å². The molecule has 8 heteroatoms. The number of anilines is 2. The Bertz CT molecular complexity index is 707. The third kappa shape index (κ3) is 5.74. The fourth-order valence-corrected chi connectivity index (χ4v) is 4.10. The lowest BCUT2D eigenvalue weighted by Crippen LogP contribution is -2.29. The summed E-state index contributed by atoms with van der Waals surface area (Å²) in [6, 6.07) is 6.49. The maximum atomic E-state index is 12.3. The van der Waals surface area contributed by atoms with Gasteiger partial charge in [-0.25, -0.2) is 8.42 Å². The van der Waals surface area contributed by atoms with E-state index in [1.807, 2.05) is 0 Å². The number of carboxylic acids is 1. The Morgan fingerprint density at radius 2 is 1.56 bits per heavy atom. The number of hydrogen-bond donors (Lipinski definition) is 3. The second kappa shape index (κ2) is 8.33. The molecule has 1 saturated carbocycles. The number of nitrogens with one attached hydrogen (secondary N) is 2. The third-order valence-corrected chi connectivity index (χ3v) is 5.84. The molecule has 0 heterocycles. The van der Waals surface area contributed by atoms with Crippen LogP contribution in [0.4, 0.5) is 11.4 Å². The molecule has 0 spiro atoms. The number of amides is 1. The van der Waals surface area contributed by atoms with Gasteiger partial charge in [-0.3, -0.25) is 14.3 Å². The van der Waals surface area contributed by atoms with Crippen molar-refractivity contribution in [3.05, 3.63) is 24.3 Å². The largest absolute Gasteiger partial charge is 0.481 e. The first-order valence-corrected chi connectivity index (χ1v) is 10.1. The number of benzene rings is 1. The molecule has 0 atom stereocenters. The van der Waals surface area contributed by atoms with Crippen molar-refractivity contribution in [1.82, 2.24) is 0 Å². The number of rotatable bonds is 7. The number of sulfonamides is 1. The molecule has 1 aromatic carbocycles. The second-order valence-corrected chi connectivity index (χ2v) is 8.22. The van der Waals surface area contributed by atoms with Crippen LogP contribution < -0.4 is 10.0 Å². The van der Waals surface area contributed by atoms with E-state index in [2.05, 4.69) is 10.0 Å². The van der Waals surface area contributed by atoms with Crippen molar-refractivity contribution < 1.29 is 23.1 Å². The Labute approximate surface area is 147 Å². The Kier molecular flexibility index (Phi) is 6.41. The molecule has 7 nitrogen and oxygen atoms in total. The number of carbonyl (C=O) groups is 2. The van der Waals surface area contributed by atoms with E-state index in [0.29, 0.717) is 43.5 Å². The van der Waals surface area contributed by atoms with Crippen molar-refractivity contribution in [2.75, 3.05) is 15.8 Å². The van der Waals surface area contributed by atoms with Gasteiger partial charge in [-0.05, 0) is 56.4 Å². The second-order valence-electron chi connectivity index (χ2n) is 6.37. The summed E-state index contributed by atoms with van der Waals surface area (Å²) in [5, 5.41) is 11.8. The smallest absolute Gasteiger partial charge is 0.306 e. The van der Waals surface area contributed by atoms with Crippen LogP contribution in [-0.2, 0) is 19.6 Å². The van der Waals surface area contributed by atoms with Crippen molar-refractivity contribution in [2.24, 2.45) is 11.8 Å². The Balaban J connectivity index is 1.89. The minimum absolute atomic E-state index is 0.0600. The lowest BCUT2D eigenvalue weighted by molar-refractivity contribution is -0.143. The molecule has 0 aromatic heterocycles. The van der Waals surface area contributed by atoms with E-state index in [-0.39, 0.29) is 23.5 Å². The summed E-state index contributed by atoms with van der Waals surface area (Å²) < 4.78 is 25.9. The number of hydrogen-bond acceptors (Lipinski definition) is 4. The topological polar surface area (TPSA) is 113 Å². The quantitative estimate of drug-likeness (QED) is 0.685. The van der Waals surface area contributed by atoms with E-state index in [1.54, 1.807) is 31.2 Å². The molecule has 25 heavy (non-hydrogen) atoms. The molecular weight excluding hydrogens is 344 g/mol. The highest BCUT2D eigenvalue weighted by Gasteiger charge is 2.29. The molecule has 1 aromatic rings. The van der Waals surface area contributed by atoms with Gasteiger partial charge in [-0.2, -0.15) is 0 Å². The summed E-state index contributed by atoms with van der Waals surface area (Å²) >= 11 is 0. The number of aliphatic carboxylic acids is 1. The molecule has 0 bridgehead atoms. The molecule has 1 aliphatic carbocycles. The normalized spacial score (nSPS) is 20.7. The summed E-state index contributed by atoms with van der Waals surface area (Å²) in [4.78, 5) is 23.2. The first-order valence-electron chi connectivity index (χ1n) is 8.45. The summed E-state index contributed by atoms with van der Waals surface area (Å²) in [7, 11) is -3.34. The van der Waals surface area contributed by atoms with Crippen molar-refractivity contribution in [3.8, 4) is 0 Å². The van der Waals surface area contributed by atoms with Crippen LogP contribution in [0, 0.1) is 11.8 Å². The molecule has 1 fully saturated rings. The average molecular weight is 368 g/mol. The van der Waals surface area contributed by atoms with Gasteiger partial charge in [0.1, 0.15) is 0 Å². The SMILES string of the molecule is CCCS(=O)(=O)Nc1ccc(NC(=O)C2CCC(C(=O)O)CC2)cc1. The Morgan fingerprint density at radius 1 is 1.04 bits per heavy atom. The molecular formula is C17H24N2O5S. The van der Waals surface area contributed by atoms with Crippen LogP contribution in [0.15, 0.2) is 24.3 Å².